The Morgan fingerprint density at radius 2 is 1.30 bits per heavy atom. The maximum Gasteiger partial charge on any atom is 0.272 e. The third kappa shape index (κ3) is 4.41. The summed E-state index contributed by atoms with van der Waals surface area (Å²) in [5.41, 5.74) is 2.19. The summed E-state index contributed by atoms with van der Waals surface area (Å²) < 4.78 is 0. The first-order chi connectivity index (χ1) is 13.1. The third-order valence-corrected chi connectivity index (χ3v) is 4.38. The topological polar surface area (TPSA) is 86.9 Å². The molecule has 3 rings (SSSR count). The highest BCUT2D eigenvalue weighted by Crippen LogP contribution is 2.15. The lowest BCUT2D eigenvalue weighted by molar-refractivity contribution is 0.0899. The largest absolute Gasteiger partial charge is 0.344 e. The zero-order chi connectivity index (χ0) is 19.2. The number of amides is 2. The van der Waals surface area contributed by atoms with Gasteiger partial charge in [0.2, 0.25) is 0 Å². The number of aromatic amines is 1. The van der Waals surface area contributed by atoms with Crippen LogP contribution in [-0.4, -0.2) is 21.8 Å². The average molecular weight is 362 g/mol. The molecule has 0 fully saturated rings. The molecule has 0 aliphatic rings. The van der Waals surface area contributed by atoms with E-state index in [1.165, 1.54) is 6.33 Å². The van der Waals surface area contributed by atoms with Gasteiger partial charge in [0.25, 0.3) is 11.8 Å². The summed E-state index contributed by atoms with van der Waals surface area (Å²) in [4.78, 5) is 32.0. The van der Waals surface area contributed by atoms with Crippen molar-refractivity contribution in [2.24, 2.45) is 0 Å². The Labute approximate surface area is 158 Å². The van der Waals surface area contributed by atoms with Crippen molar-refractivity contribution in [1.29, 1.82) is 0 Å². The molecule has 2 aromatic carbocycles. The van der Waals surface area contributed by atoms with Gasteiger partial charge in [-0.1, -0.05) is 60.7 Å². The number of imidazole rings is 1. The van der Waals surface area contributed by atoms with Gasteiger partial charge < -0.3 is 15.6 Å². The van der Waals surface area contributed by atoms with Crippen LogP contribution in [0.3, 0.4) is 0 Å². The molecule has 2 amide bonds. The van der Waals surface area contributed by atoms with Crippen LogP contribution in [0.15, 0.2) is 67.0 Å². The molecule has 3 N–H and O–H groups in total. The van der Waals surface area contributed by atoms with E-state index in [9.17, 15) is 9.59 Å². The Bertz CT molecular complexity index is 832. The molecule has 6 heteroatoms. The van der Waals surface area contributed by atoms with Crippen LogP contribution in [-0.2, 0) is 0 Å². The van der Waals surface area contributed by atoms with Gasteiger partial charge in [0.15, 0.2) is 5.69 Å². The molecule has 0 spiro atoms. The minimum Gasteiger partial charge on any atom is -0.344 e. The number of aromatic nitrogens is 2. The second kappa shape index (κ2) is 8.31. The number of hydrogen-bond donors (Lipinski definition) is 3. The lowest BCUT2D eigenvalue weighted by Crippen LogP contribution is -2.32. The van der Waals surface area contributed by atoms with Crippen LogP contribution in [0.25, 0.3) is 0 Å². The second-order valence-electron chi connectivity index (χ2n) is 6.34. The van der Waals surface area contributed by atoms with Gasteiger partial charge in [-0.2, -0.15) is 0 Å². The summed E-state index contributed by atoms with van der Waals surface area (Å²) in [5, 5.41) is 5.77. The minimum absolute atomic E-state index is 0.0792. The molecular formula is C21H22N4O2. The predicted molar refractivity (Wildman–Crippen MR) is 103 cm³/mol. The third-order valence-electron chi connectivity index (χ3n) is 4.38. The first-order valence-electron chi connectivity index (χ1n) is 8.81. The maximum absolute atomic E-state index is 12.6. The van der Waals surface area contributed by atoms with Crippen molar-refractivity contribution < 1.29 is 9.59 Å². The van der Waals surface area contributed by atoms with E-state index < -0.39 is 5.91 Å². The van der Waals surface area contributed by atoms with Gasteiger partial charge in [0.05, 0.1) is 18.4 Å². The number of benzene rings is 2. The summed E-state index contributed by atoms with van der Waals surface area (Å²) in [7, 11) is 0. The van der Waals surface area contributed by atoms with Gasteiger partial charge in [-0.05, 0) is 25.0 Å². The van der Waals surface area contributed by atoms with Gasteiger partial charge in [0, 0.05) is 0 Å². The molecule has 0 bridgehead atoms. The highest BCUT2D eigenvalue weighted by Gasteiger charge is 2.23. The van der Waals surface area contributed by atoms with Crippen molar-refractivity contribution in [2.75, 3.05) is 0 Å². The van der Waals surface area contributed by atoms with Crippen molar-refractivity contribution in [2.45, 2.75) is 25.9 Å². The Morgan fingerprint density at radius 1 is 0.815 bits per heavy atom. The van der Waals surface area contributed by atoms with E-state index in [2.05, 4.69) is 20.6 Å². The van der Waals surface area contributed by atoms with E-state index in [1.807, 2.05) is 74.5 Å². The first kappa shape index (κ1) is 18.4. The van der Waals surface area contributed by atoms with Gasteiger partial charge in [-0.25, -0.2) is 4.98 Å². The molecule has 0 aliphatic heterocycles. The van der Waals surface area contributed by atoms with Gasteiger partial charge in [-0.15, -0.1) is 0 Å². The van der Waals surface area contributed by atoms with E-state index in [0.29, 0.717) is 0 Å². The van der Waals surface area contributed by atoms with E-state index in [4.69, 9.17) is 0 Å². The molecule has 0 unspecified atom stereocenters. The van der Waals surface area contributed by atoms with Crippen molar-refractivity contribution in [3.05, 3.63) is 89.5 Å². The van der Waals surface area contributed by atoms with Crippen LogP contribution < -0.4 is 10.6 Å². The van der Waals surface area contributed by atoms with Crippen LogP contribution in [0, 0.1) is 0 Å². The zero-order valence-electron chi connectivity index (χ0n) is 15.3. The van der Waals surface area contributed by atoms with Gasteiger partial charge in [-0.3, -0.25) is 9.59 Å². The number of carbonyl (C=O) groups excluding carboxylic acids is 2. The molecule has 0 aliphatic carbocycles. The zero-order valence-corrected chi connectivity index (χ0v) is 15.3. The standard InChI is InChI=1S/C21H22N4O2/c1-14(16-9-5-3-6-10-16)24-20(26)18-19(23-13-22-18)21(27)25-15(2)17-11-7-4-8-12-17/h3-15H,1-2H3,(H,22,23)(H,24,26)(H,25,27)/t14-,15+. The Kier molecular flexibility index (Phi) is 5.66. The molecule has 1 heterocycles. The van der Waals surface area contributed by atoms with E-state index in [0.717, 1.165) is 11.1 Å². The van der Waals surface area contributed by atoms with Gasteiger partial charge in [0.1, 0.15) is 5.69 Å². The van der Waals surface area contributed by atoms with Crippen LogP contribution in [0.4, 0.5) is 0 Å². The van der Waals surface area contributed by atoms with E-state index in [-0.39, 0.29) is 29.4 Å². The molecule has 3 aromatic rings. The molecule has 1 aromatic heterocycles. The fourth-order valence-electron chi connectivity index (χ4n) is 2.82. The minimum atomic E-state index is -0.398. The predicted octanol–water partition coefficient (Wildman–Crippen LogP) is 3.39. The number of nitrogens with zero attached hydrogens (tertiary/aromatic N) is 1. The van der Waals surface area contributed by atoms with E-state index in [1.54, 1.807) is 0 Å². The van der Waals surface area contributed by atoms with Crippen molar-refractivity contribution in [1.82, 2.24) is 20.6 Å². The number of hydrogen-bond acceptors (Lipinski definition) is 3. The monoisotopic (exact) mass is 362 g/mol. The lowest BCUT2D eigenvalue weighted by atomic mass is 10.1. The smallest absolute Gasteiger partial charge is 0.272 e. The molecule has 2 atom stereocenters. The normalized spacial score (nSPS) is 12.8. The molecule has 0 saturated heterocycles. The first-order valence-corrected chi connectivity index (χ1v) is 8.81. The second-order valence-corrected chi connectivity index (χ2v) is 6.34. The number of nitrogens with one attached hydrogen (secondary N) is 3. The summed E-state index contributed by atoms with van der Waals surface area (Å²) in [6.07, 6.45) is 1.35. The quantitative estimate of drug-likeness (QED) is 0.628. The number of rotatable bonds is 6. The van der Waals surface area contributed by atoms with Crippen molar-refractivity contribution >= 4 is 11.8 Å². The Balaban J connectivity index is 1.69. The molecule has 6 nitrogen and oxygen atoms in total. The molecule has 138 valence electrons. The highest BCUT2D eigenvalue weighted by atomic mass is 16.2. The molecular weight excluding hydrogens is 340 g/mol. The van der Waals surface area contributed by atoms with Crippen molar-refractivity contribution in [3.8, 4) is 0 Å². The van der Waals surface area contributed by atoms with Gasteiger partial charge >= 0.3 is 0 Å². The summed E-state index contributed by atoms with van der Waals surface area (Å²) in [6, 6.07) is 18.8. The van der Waals surface area contributed by atoms with Crippen LogP contribution in [0.2, 0.25) is 0 Å². The fraction of sp³-hybridized carbons (Fsp3) is 0.190. The Hall–Kier alpha value is -3.41. The molecule has 0 saturated carbocycles. The summed E-state index contributed by atoms with van der Waals surface area (Å²) in [5.74, 6) is -0.772. The van der Waals surface area contributed by atoms with Crippen LogP contribution >= 0.6 is 0 Å². The fourth-order valence-corrected chi connectivity index (χ4v) is 2.82. The highest BCUT2D eigenvalue weighted by molar-refractivity contribution is 6.04. The van der Waals surface area contributed by atoms with E-state index >= 15 is 0 Å². The summed E-state index contributed by atoms with van der Waals surface area (Å²) in [6.45, 7) is 3.78. The maximum atomic E-state index is 12.6. The van der Waals surface area contributed by atoms with Crippen molar-refractivity contribution in [3.63, 3.8) is 0 Å². The molecule has 27 heavy (non-hydrogen) atoms. The lowest BCUT2D eigenvalue weighted by Gasteiger charge is -2.15. The van der Waals surface area contributed by atoms with Crippen LogP contribution in [0.1, 0.15) is 58.0 Å². The summed E-state index contributed by atoms with van der Waals surface area (Å²) >= 11 is 0. The SMILES string of the molecule is C[C@H](NC(=O)c1[nH]cnc1C(=O)N[C@H](C)c1ccccc1)c1ccccc1. The number of carbonyl (C=O) groups is 2. The van der Waals surface area contributed by atoms with Crippen LogP contribution in [0.5, 0.6) is 0 Å². The average Bonchev–Trinajstić information content (AvgIpc) is 3.19. The Morgan fingerprint density at radius 3 is 1.81 bits per heavy atom. The number of H-pyrrole nitrogens is 1. The molecule has 0 radical (unpaired) electrons.